The zero-order valence-corrected chi connectivity index (χ0v) is 22.3. The number of carbonyl (C=O) groups excluding carboxylic acids is 3. The summed E-state index contributed by atoms with van der Waals surface area (Å²) in [6, 6.07) is 5.60. The molecule has 0 spiro atoms. The van der Waals surface area contributed by atoms with Crippen molar-refractivity contribution >= 4 is 51.3 Å². The van der Waals surface area contributed by atoms with Crippen LogP contribution in [0, 0.1) is 0 Å². The quantitative estimate of drug-likeness (QED) is 0.0654. The van der Waals surface area contributed by atoms with E-state index in [2.05, 4.69) is 16.3 Å². The number of nitrogens with zero attached hydrogens (tertiary/aromatic N) is 2. The number of hydrogen-bond donors (Lipinski definition) is 2. The third kappa shape index (κ3) is 7.36. The van der Waals surface area contributed by atoms with Gasteiger partial charge in [0.25, 0.3) is 21.9 Å². The van der Waals surface area contributed by atoms with E-state index in [1.54, 1.807) is 6.07 Å². The Labute approximate surface area is 219 Å². The van der Waals surface area contributed by atoms with Gasteiger partial charge in [0.15, 0.2) is 5.71 Å². The molecule has 1 aromatic rings. The molecular weight excluding hydrogens is 528 g/mol. The van der Waals surface area contributed by atoms with Crippen molar-refractivity contribution in [2.75, 3.05) is 12.3 Å². The summed E-state index contributed by atoms with van der Waals surface area (Å²) in [4.78, 5) is 40.8. The Morgan fingerprint density at radius 2 is 1.86 bits per heavy atom. The maximum atomic E-state index is 12.0. The number of unbranched alkanes of at least 4 members (excludes halogenated alkanes) is 2. The lowest BCUT2D eigenvalue weighted by atomic mass is 9.76. The molecule has 0 bridgehead atoms. The molecule has 204 valence electrons. The molecule has 1 saturated heterocycles. The molecule has 2 N–H and O–H groups in total. The van der Waals surface area contributed by atoms with Crippen molar-refractivity contribution < 1.29 is 51.4 Å². The summed E-state index contributed by atoms with van der Waals surface area (Å²) in [5.41, 5.74) is 2.52. The fraction of sp³-hybridized carbons (Fsp3) is 0.565. The first kappa shape index (κ1) is 29.2. The second kappa shape index (κ2) is 12.5. The summed E-state index contributed by atoms with van der Waals surface area (Å²) >= 11 is 0.844. The molecule has 1 fully saturated rings. The van der Waals surface area contributed by atoms with Crippen LogP contribution in [0.3, 0.4) is 0 Å². The standard InChI is InChI=1S/C23H30N2O10S2/c1-16-23(2,12-5-3-4-7-22(28)33-25-20(26)10-11-21(25)27)18-15-17(36-35-34-29)8-9-19(18)24(16)13-6-14-37(30,31)32/h8-9,15H,3-7,10-14H2,1-2H3,(H-,29,30,31,32)/p+1. The fourth-order valence-electron chi connectivity index (χ4n) is 4.71. The Kier molecular flexibility index (Phi) is 9.83. The Morgan fingerprint density at radius 3 is 2.51 bits per heavy atom. The van der Waals surface area contributed by atoms with Gasteiger partial charge >= 0.3 is 5.97 Å². The molecule has 2 aliphatic rings. The first-order valence-electron chi connectivity index (χ1n) is 11.9. The van der Waals surface area contributed by atoms with Crippen molar-refractivity contribution in [1.82, 2.24) is 5.06 Å². The van der Waals surface area contributed by atoms with Crippen LogP contribution in [-0.2, 0) is 44.1 Å². The van der Waals surface area contributed by atoms with E-state index in [0.29, 0.717) is 29.3 Å². The van der Waals surface area contributed by atoms with Crippen LogP contribution in [0.25, 0.3) is 0 Å². The van der Waals surface area contributed by atoms with Crippen molar-refractivity contribution in [2.45, 2.75) is 75.5 Å². The van der Waals surface area contributed by atoms with Gasteiger partial charge in [-0.1, -0.05) is 17.9 Å². The van der Waals surface area contributed by atoms with Crippen LogP contribution in [0.4, 0.5) is 5.69 Å². The lowest BCUT2D eigenvalue weighted by Crippen LogP contribution is -2.32. The summed E-state index contributed by atoms with van der Waals surface area (Å²) in [6.07, 6.45) is 3.13. The number of fused-ring (bicyclic) bond motifs is 1. The van der Waals surface area contributed by atoms with E-state index in [1.807, 2.05) is 23.6 Å². The lowest BCUT2D eigenvalue weighted by Gasteiger charge is -2.22. The molecule has 0 saturated carbocycles. The van der Waals surface area contributed by atoms with Gasteiger partial charge in [0, 0.05) is 49.1 Å². The van der Waals surface area contributed by atoms with Gasteiger partial charge in [0.05, 0.1) is 23.2 Å². The minimum Gasteiger partial charge on any atom is -0.330 e. The molecular formula is C23H31N2O10S2+. The van der Waals surface area contributed by atoms with E-state index in [-0.39, 0.29) is 31.4 Å². The topological polar surface area (TPSA) is 160 Å². The van der Waals surface area contributed by atoms with Crippen LogP contribution in [0.5, 0.6) is 0 Å². The average molecular weight is 560 g/mol. The fourth-order valence-corrected chi connectivity index (χ4v) is 5.60. The molecule has 3 rings (SSSR count). The van der Waals surface area contributed by atoms with E-state index in [0.717, 1.165) is 41.8 Å². The van der Waals surface area contributed by atoms with Crippen LogP contribution in [0.2, 0.25) is 0 Å². The van der Waals surface area contributed by atoms with Crippen LogP contribution in [0.15, 0.2) is 23.1 Å². The predicted molar refractivity (Wildman–Crippen MR) is 131 cm³/mol. The number of hydrogen-bond acceptors (Lipinski definition) is 10. The van der Waals surface area contributed by atoms with E-state index in [1.165, 1.54) is 0 Å². The normalized spacial score (nSPS) is 19.6. The monoisotopic (exact) mass is 559 g/mol. The first-order chi connectivity index (χ1) is 17.5. The van der Waals surface area contributed by atoms with Crippen molar-refractivity contribution in [2.24, 2.45) is 0 Å². The molecule has 1 unspecified atom stereocenters. The van der Waals surface area contributed by atoms with Gasteiger partial charge in [-0.3, -0.25) is 14.1 Å². The SMILES string of the molecule is CC1=[N+](CCCS(=O)(=O)O)c2ccc(SOOO)cc2C1(C)CCCCCC(=O)ON1C(=O)CCC1=O. The third-order valence-electron chi connectivity index (χ3n) is 6.76. The highest BCUT2D eigenvalue weighted by Gasteiger charge is 2.46. The molecule has 12 nitrogen and oxygen atoms in total. The molecule has 2 amide bonds. The maximum Gasteiger partial charge on any atom is 0.333 e. The Bertz CT molecular complexity index is 1170. The minimum absolute atomic E-state index is 0.0498. The Hall–Kier alpha value is -2.36. The number of imide groups is 1. The van der Waals surface area contributed by atoms with E-state index in [9.17, 15) is 22.8 Å². The number of amides is 2. The third-order valence-corrected chi connectivity index (χ3v) is 8.14. The number of carbonyl (C=O) groups is 3. The number of hydroxylamine groups is 2. The number of rotatable bonds is 14. The lowest BCUT2D eigenvalue weighted by molar-refractivity contribution is -0.438. The zero-order chi connectivity index (χ0) is 27.2. The molecule has 0 radical (unpaired) electrons. The first-order valence-corrected chi connectivity index (χ1v) is 14.2. The summed E-state index contributed by atoms with van der Waals surface area (Å²) in [6.45, 7) is 4.46. The van der Waals surface area contributed by atoms with Gasteiger partial charge in [-0.15, -0.1) is 9.40 Å². The summed E-state index contributed by atoms with van der Waals surface area (Å²) in [7, 11) is -4.07. The summed E-state index contributed by atoms with van der Waals surface area (Å²) < 4.78 is 38.1. The average Bonchev–Trinajstić information content (AvgIpc) is 3.25. The van der Waals surface area contributed by atoms with Crippen LogP contribution >= 0.6 is 12.0 Å². The highest BCUT2D eigenvalue weighted by atomic mass is 32.2. The maximum absolute atomic E-state index is 12.0. The van der Waals surface area contributed by atoms with Crippen molar-refractivity contribution in [1.29, 1.82) is 0 Å². The second-order valence-corrected chi connectivity index (χ2v) is 11.6. The van der Waals surface area contributed by atoms with Gasteiger partial charge in [0.1, 0.15) is 6.54 Å². The molecule has 1 aromatic carbocycles. The molecule has 14 heteroatoms. The smallest absolute Gasteiger partial charge is 0.330 e. The Balaban J connectivity index is 1.64. The highest BCUT2D eigenvalue weighted by molar-refractivity contribution is 7.94. The van der Waals surface area contributed by atoms with Crippen molar-refractivity contribution in [3.05, 3.63) is 23.8 Å². The second-order valence-electron chi connectivity index (χ2n) is 9.22. The van der Waals surface area contributed by atoms with E-state index >= 15 is 0 Å². The molecule has 1 atom stereocenters. The van der Waals surface area contributed by atoms with E-state index < -0.39 is 33.3 Å². The van der Waals surface area contributed by atoms with Crippen molar-refractivity contribution in [3.63, 3.8) is 0 Å². The van der Waals surface area contributed by atoms with Gasteiger partial charge < -0.3 is 4.84 Å². The molecule has 2 heterocycles. The van der Waals surface area contributed by atoms with Gasteiger partial charge in [-0.05, 0) is 31.9 Å². The van der Waals surface area contributed by atoms with Gasteiger partial charge in [-0.25, -0.2) is 10.1 Å². The molecule has 2 aliphatic heterocycles. The van der Waals surface area contributed by atoms with E-state index in [4.69, 9.17) is 14.6 Å². The largest absolute Gasteiger partial charge is 0.333 e. The zero-order valence-electron chi connectivity index (χ0n) is 20.7. The highest BCUT2D eigenvalue weighted by Crippen LogP contribution is 2.44. The minimum atomic E-state index is -4.07. The summed E-state index contributed by atoms with van der Waals surface area (Å²) in [5, 5.41) is 12.7. The molecule has 0 aromatic heterocycles. The van der Waals surface area contributed by atoms with Crippen LogP contribution in [-0.4, -0.2) is 63.7 Å². The number of benzene rings is 1. The summed E-state index contributed by atoms with van der Waals surface area (Å²) in [5.74, 6) is -1.98. The van der Waals surface area contributed by atoms with Gasteiger partial charge in [0.2, 0.25) is 5.69 Å². The Morgan fingerprint density at radius 1 is 1.16 bits per heavy atom. The van der Waals surface area contributed by atoms with Crippen molar-refractivity contribution in [3.8, 4) is 0 Å². The van der Waals surface area contributed by atoms with Crippen LogP contribution < -0.4 is 0 Å². The van der Waals surface area contributed by atoms with Gasteiger partial charge in [-0.2, -0.15) is 13.0 Å². The molecule has 0 aliphatic carbocycles. The molecule has 37 heavy (non-hydrogen) atoms. The predicted octanol–water partition coefficient (Wildman–Crippen LogP) is 3.33. The van der Waals surface area contributed by atoms with Crippen LogP contribution in [0.1, 0.15) is 70.8 Å².